The van der Waals surface area contributed by atoms with Crippen molar-refractivity contribution >= 4 is 34.0 Å². The number of rotatable bonds is 6. The minimum absolute atomic E-state index is 0.289. The lowest BCUT2D eigenvalue weighted by molar-refractivity contribution is -0.00476. The third-order valence-electron chi connectivity index (χ3n) is 5.33. The normalized spacial score (nSPS) is 15.2. The summed E-state index contributed by atoms with van der Waals surface area (Å²) in [5.41, 5.74) is 3.44. The minimum atomic E-state index is 0.289. The number of hydrogen-bond acceptors (Lipinski definition) is 4. The van der Waals surface area contributed by atoms with Crippen molar-refractivity contribution in [3.8, 4) is 0 Å². The lowest BCUT2D eigenvalue weighted by atomic mass is 10.0. The fraction of sp³-hybridized carbons (Fsp3) is 0.375. The molecule has 1 aromatic heterocycles. The Morgan fingerprint density at radius 2 is 1.83 bits per heavy atom. The Labute approximate surface area is 177 Å². The predicted octanol–water partition coefficient (Wildman–Crippen LogP) is 5.89. The lowest BCUT2D eigenvalue weighted by Crippen LogP contribution is -2.38. The van der Waals surface area contributed by atoms with Gasteiger partial charge in [0.1, 0.15) is 5.82 Å². The maximum absolute atomic E-state index is 6.02. The second-order valence-corrected chi connectivity index (χ2v) is 8.33. The zero-order valence-corrected chi connectivity index (χ0v) is 17.8. The zero-order valence-electron chi connectivity index (χ0n) is 17.1. The fourth-order valence-electron chi connectivity index (χ4n) is 3.92. The molecule has 1 N–H and O–H groups in total. The molecule has 0 atom stereocenters. The summed E-state index contributed by atoms with van der Waals surface area (Å²) in [7, 11) is 0. The number of para-hydroxylation sites is 1. The van der Waals surface area contributed by atoms with Gasteiger partial charge in [-0.1, -0.05) is 41.9 Å². The quantitative estimate of drug-likeness (QED) is 0.550. The lowest BCUT2D eigenvalue weighted by Gasteiger charge is -2.35. The van der Waals surface area contributed by atoms with Crippen LogP contribution in [-0.4, -0.2) is 30.3 Å². The van der Waals surface area contributed by atoms with Gasteiger partial charge >= 0.3 is 0 Å². The molecular formula is C24H28ClN3O. The number of benzene rings is 2. The highest BCUT2D eigenvalue weighted by Crippen LogP contribution is 2.31. The number of pyridine rings is 1. The third kappa shape index (κ3) is 5.01. The van der Waals surface area contributed by atoms with Gasteiger partial charge in [-0.05, 0) is 50.5 Å². The van der Waals surface area contributed by atoms with E-state index in [1.54, 1.807) is 0 Å². The van der Waals surface area contributed by atoms with Crippen LogP contribution in [0.3, 0.4) is 0 Å². The van der Waals surface area contributed by atoms with E-state index in [0.29, 0.717) is 12.6 Å². The summed E-state index contributed by atoms with van der Waals surface area (Å²) in [6, 6.07) is 18.5. The number of piperidine rings is 1. The molecular weight excluding hydrogens is 382 g/mol. The maximum Gasteiger partial charge on any atom is 0.129 e. The number of hydrogen-bond donors (Lipinski definition) is 1. The van der Waals surface area contributed by atoms with Gasteiger partial charge in [0.2, 0.25) is 0 Å². The molecule has 1 aliphatic rings. The molecule has 4 nitrogen and oxygen atoms in total. The number of halogens is 1. The van der Waals surface area contributed by atoms with E-state index in [4.69, 9.17) is 21.3 Å². The average molecular weight is 410 g/mol. The molecule has 152 valence electrons. The van der Waals surface area contributed by atoms with E-state index in [1.807, 2.05) is 30.3 Å². The SMILES string of the molecule is CC(C)OC1CCN(c2cc(NCc3ccc(Cl)cc3)nc3ccccc23)CC1. The van der Waals surface area contributed by atoms with Gasteiger partial charge in [0, 0.05) is 41.8 Å². The Morgan fingerprint density at radius 1 is 1.10 bits per heavy atom. The Balaban J connectivity index is 1.54. The van der Waals surface area contributed by atoms with Crippen molar-refractivity contribution in [2.45, 2.75) is 45.4 Å². The average Bonchev–Trinajstić information content (AvgIpc) is 2.73. The second-order valence-electron chi connectivity index (χ2n) is 7.90. The first-order valence-corrected chi connectivity index (χ1v) is 10.7. The second kappa shape index (κ2) is 9.02. The topological polar surface area (TPSA) is 37.4 Å². The maximum atomic E-state index is 6.02. The molecule has 29 heavy (non-hydrogen) atoms. The molecule has 0 unspecified atom stereocenters. The number of nitrogens with zero attached hydrogens (tertiary/aromatic N) is 2. The van der Waals surface area contributed by atoms with Gasteiger partial charge in [-0.3, -0.25) is 0 Å². The van der Waals surface area contributed by atoms with Gasteiger partial charge < -0.3 is 15.0 Å². The van der Waals surface area contributed by atoms with Crippen molar-refractivity contribution in [2.75, 3.05) is 23.3 Å². The van der Waals surface area contributed by atoms with Gasteiger partial charge in [-0.25, -0.2) is 4.98 Å². The molecule has 0 spiro atoms. The first-order valence-electron chi connectivity index (χ1n) is 10.4. The summed E-state index contributed by atoms with van der Waals surface area (Å²) >= 11 is 5.99. The van der Waals surface area contributed by atoms with Crippen LogP contribution in [0.2, 0.25) is 5.02 Å². The van der Waals surface area contributed by atoms with Crippen molar-refractivity contribution in [2.24, 2.45) is 0 Å². The highest BCUT2D eigenvalue weighted by Gasteiger charge is 2.22. The number of aromatic nitrogens is 1. The minimum Gasteiger partial charge on any atom is -0.375 e. The van der Waals surface area contributed by atoms with Crippen molar-refractivity contribution in [3.63, 3.8) is 0 Å². The third-order valence-corrected chi connectivity index (χ3v) is 5.58. The van der Waals surface area contributed by atoms with Gasteiger partial charge in [0.05, 0.1) is 17.7 Å². The van der Waals surface area contributed by atoms with Gasteiger partial charge in [0.15, 0.2) is 0 Å². The standard InChI is InChI=1S/C24H28ClN3O/c1-17(2)29-20-11-13-28(14-12-20)23-15-24(27-22-6-4-3-5-21(22)23)26-16-18-7-9-19(25)10-8-18/h3-10,15,17,20H,11-14,16H2,1-2H3,(H,26,27). The van der Waals surface area contributed by atoms with Crippen LogP contribution in [0.4, 0.5) is 11.5 Å². The Bertz CT molecular complexity index is 950. The van der Waals surface area contributed by atoms with Crippen LogP contribution >= 0.6 is 11.6 Å². The monoisotopic (exact) mass is 409 g/mol. The van der Waals surface area contributed by atoms with Gasteiger partial charge in [-0.15, -0.1) is 0 Å². The van der Waals surface area contributed by atoms with Crippen LogP contribution in [0.15, 0.2) is 54.6 Å². The molecule has 3 aromatic rings. The molecule has 0 amide bonds. The molecule has 2 heterocycles. The van der Waals surface area contributed by atoms with Crippen molar-refractivity contribution in [1.82, 2.24) is 4.98 Å². The highest BCUT2D eigenvalue weighted by molar-refractivity contribution is 6.30. The summed E-state index contributed by atoms with van der Waals surface area (Å²) in [6.45, 7) is 6.94. The predicted molar refractivity (Wildman–Crippen MR) is 122 cm³/mol. The van der Waals surface area contributed by atoms with Gasteiger partial charge in [-0.2, -0.15) is 0 Å². The molecule has 0 saturated carbocycles. The van der Waals surface area contributed by atoms with E-state index in [1.165, 1.54) is 16.6 Å². The van der Waals surface area contributed by atoms with Crippen LogP contribution in [0.25, 0.3) is 10.9 Å². The van der Waals surface area contributed by atoms with Crippen LogP contribution in [-0.2, 0) is 11.3 Å². The molecule has 4 rings (SSSR count). The van der Waals surface area contributed by atoms with Crippen molar-refractivity contribution in [1.29, 1.82) is 0 Å². The van der Waals surface area contributed by atoms with Crippen LogP contribution in [0.1, 0.15) is 32.3 Å². The van der Waals surface area contributed by atoms with E-state index in [2.05, 4.69) is 48.3 Å². The number of ether oxygens (including phenoxy) is 1. The van der Waals surface area contributed by atoms with Crippen molar-refractivity contribution < 1.29 is 4.74 Å². The number of anilines is 2. The van der Waals surface area contributed by atoms with Crippen LogP contribution in [0, 0.1) is 0 Å². The largest absolute Gasteiger partial charge is 0.375 e. The first kappa shape index (κ1) is 20.0. The van der Waals surface area contributed by atoms with Crippen LogP contribution in [0.5, 0.6) is 0 Å². The molecule has 5 heteroatoms. The highest BCUT2D eigenvalue weighted by atomic mass is 35.5. The molecule has 0 aliphatic carbocycles. The van der Waals surface area contributed by atoms with E-state index in [0.717, 1.165) is 42.3 Å². The molecule has 0 bridgehead atoms. The van der Waals surface area contributed by atoms with E-state index >= 15 is 0 Å². The molecule has 2 aromatic carbocycles. The number of nitrogens with one attached hydrogen (secondary N) is 1. The summed E-state index contributed by atoms with van der Waals surface area (Å²) in [6.07, 6.45) is 2.77. The molecule has 1 saturated heterocycles. The Morgan fingerprint density at radius 3 is 2.55 bits per heavy atom. The first-order chi connectivity index (χ1) is 14.1. The number of fused-ring (bicyclic) bond motifs is 1. The summed E-state index contributed by atoms with van der Waals surface area (Å²) < 4.78 is 6.02. The summed E-state index contributed by atoms with van der Waals surface area (Å²) in [5, 5.41) is 5.44. The molecule has 0 radical (unpaired) electrons. The Hall–Kier alpha value is -2.30. The fourth-order valence-corrected chi connectivity index (χ4v) is 4.05. The zero-order chi connectivity index (χ0) is 20.2. The van der Waals surface area contributed by atoms with E-state index < -0.39 is 0 Å². The summed E-state index contributed by atoms with van der Waals surface area (Å²) in [5.74, 6) is 0.897. The van der Waals surface area contributed by atoms with Crippen LogP contribution < -0.4 is 10.2 Å². The van der Waals surface area contributed by atoms with Crippen molar-refractivity contribution in [3.05, 3.63) is 65.2 Å². The molecule has 1 aliphatic heterocycles. The summed E-state index contributed by atoms with van der Waals surface area (Å²) in [4.78, 5) is 7.30. The molecule has 1 fully saturated rings. The smallest absolute Gasteiger partial charge is 0.129 e. The van der Waals surface area contributed by atoms with E-state index in [-0.39, 0.29) is 6.10 Å². The Kier molecular flexibility index (Phi) is 6.22. The van der Waals surface area contributed by atoms with E-state index in [9.17, 15) is 0 Å². The van der Waals surface area contributed by atoms with Gasteiger partial charge in [0.25, 0.3) is 0 Å².